The molecule has 25 heavy (non-hydrogen) atoms. The van der Waals surface area contributed by atoms with Gasteiger partial charge in [-0.2, -0.15) is 10.2 Å². The Morgan fingerprint density at radius 2 is 2.32 bits per heavy atom. The van der Waals surface area contributed by atoms with Gasteiger partial charge in [-0.1, -0.05) is 5.16 Å². The zero-order valence-electron chi connectivity index (χ0n) is 14.4. The van der Waals surface area contributed by atoms with E-state index in [9.17, 15) is 0 Å². The first-order valence-corrected chi connectivity index (χ1v) is 8.91. The van der Waals surface area contributed by atoms with Gasteiger partial charge in [-0.25, -0.2) is 4.98 Å². The van der Waals surface area contributed by atoms with Crippen molar-refractivity contribution in [2.24, 2.45) is 5.92 Å². The van der Waals surface area contributed by atoms with Crippen LogP contribution in [0.5, 0.6) is 0 Å². The van der Waals surface area contributed by atoms with Gasteiger partial charge in [0.15, 0.2) is 5.82 Å². The maximum atomic E-state index is 9.14. The Kier molecular flexibility index (Phi) is 4.36. The second kappa shape index (κ2) is 6.81. The Balaban J connectivity index is 1.32. The highest BCUT2D eigenvalue weighted by molar-refractivity contribution is 5.51. The number of pyridine rings is 1. The summed E-state index contributed by atoms with van der Waals surface area (Å²) >= 11 is 0. The number of anilines is 1. The zero-order valence-corrected chi connectivity index (χ0v) is 14.4. The lowest BCUT2D eigenvalue weighted by molar-refractivity contribution is 0.203. The van der Waals surface area contributed by atoms with Crippen molar-refractivity contribution in [2.75, 3.05) is 25.0 Å². The molecule has 1 aliphatic heterocycles. The van der Waals surface area contributed by atoms with E-state index in [1.807, 2.05) is 0 Å². The number of nitrogens with zero attached hydrogens (tertiary/aromatic N) is 5. The fraction of sp³-hybridized carbons (Fsp3) is 0.556. The van der Waals surface area contributed by atoms with E-state index in [-0.39, 0.29) is 6.04 Å². The molecule has 0 amide bonds. The summed E-state index contributed by atoms with van der Waals surface area (Å²) in [7, 11) is 0. The minimum absolute atomic E-state index is 0.148. The van der Waals surface area contributed by atoms with E-state index in [0.29, 0.717) is 23.2 Å². The third-order valence-corrected chi connectivity index (χ3v) is 5.11. The number of hydrogen-bond donors (Lipinski definition) is 1. The monoisotopic (exact) mass is 338 g/mol. The third-order valence-electron chi connectivity index (χ3n) is 5.11. The van der Waals surface area contributed by atoms with Crippen LogP contribution in [0.15, 0.2) is 22.9 Å². The molecule has 0 unspecified atom stereocenters. The van der Waals surface area contributed by atoms with Crippen molar-refractivity contribution in [1.29, 1.82) is 5.26 Å². The van der Waals surface area contributed by atoms with E-state index >= 15 is 0 Å². The maximum absolute atomic E-state index is 9.14. The molecule has 7 heteroatoms. The molecule has 7 nitrogen and oxygen atoms in total. The van der Waals surface area contributed by atoms with Gasteiger partial charge in [0.05, 0.1) is 11.6 Å². The third kappa shape index (κ3) is 3.49. The first-order valence-electron chi connectivity index (χ1n) is 8.91. The fourth-order valence-electron chi connectivity index (χ4n) is 3.34. The summed E-state index contributed by atoms with van der Waals surface area (Å²) < 4.78 is 5.47. The van der Waals surface area contributed by atoms with E-state index in [1.165, 1.54) is 12.8 Å². The summed E-state index contributed by atoms with van der Waals surface area (Å²) in [5, 5.41) is 16.6. The predicted octanol–water partition coefficient (Wildman–Crippen LogP) is 2.71. The van der Waals surface area contributed by atoms with Gasteiger partial charge in [0, 0.05) is 25.2 Å². The number of nitrogens with one attached hydrogen (secondary N) is 1. The summed E-state index contributed by atoms with van der Waals surface area (Å²) in [5.74, 6) is 3.31. The van der Waals surface area contributed by atoms with E-state index in [0.717, 1.165) is 37.8 Å². The van der Waals surface area contributed by atoms with Crippen LogP contribution in [-0.2, 0) is 0 Å². The van der Waals surface area contributed by atoms with Gasteiger partial charge in [-0.3, -0.25) is 4.90 Å². The molecule has 2 atom stereocenters. The molecule has 4 rings (SSSR count). The largest absolute Gasteiger partial charge is 0.369 e. The zero-order chi connectivity index (χ0) is 17.2. The standard InChI is InChI=1S/C18H22N6O/c1-12(18-22-17(23-25-18)14-4-5-14)24-8-6-13(11-24)10-21-16-15(9-19)3-2-7-20-16/h2-3,7,12-14H,4-6,8,10-11H2,1H3,(H,20,21)/t12-,13+/m0/s1. The Bertz CT molecular complexity index is 778. The molecule has 0 aromatic carbocycles. The highest BCUT2D eigenvalue weighted by Crippen LogP contribution is 2.39. The molecule has 2 fully saturated rings. The number of hydrogen-bond acceptors (Lipinski definition) is 7. The van der Waals surface area contributed by atoms with Crippen molar-refractivity contribution in [3.8, 4) is 6.07 Å². The SMILES string of the molecule is C[C@@H](c1nc(C2CC2)no1)N1CC[C@H](CNc2ncccc2C#N)C1. The Morgan fingerprint density at radius 1 is 1.44 bits per heavy atom. The quantitative estimate of drug-likeness (QED) is 0.866. The normalized spacial score (nSPS) is 21.8. The van der Waals surface area contributed by atoms with Crippen molar-refractivity contribution in [3.05, 3.63) is 35.6 Å². The van der Waals surface area contributed by atoms with Crippen LogP contribution < -0.4 is 5.32 Å². The van der Waals surface area contributed by atoms with E-state index in [2.05, 4.69) is 38.3 Å². The molecule has 1 aliphatic carbocycles. The van der Waals surface area contributed by atoms with Gasteiger partial charge >= 0.3 is 0 Å². The van der Waals surface area contributed by atoms with Gasteiger partial charge in [0.1, 0.15) is 11.9 Å². The van der Waals surface area contributed by atoms with Crippen LogP contribution in [0.1, 0.15) is 55.4 Å². The smallest absolute Gasteiger partial charge is 0.243 e. The van der Waals surface area contributed by atoms with E-state index in [1.54, 1.807) is 18.3 Å². The fourth-order valence-corrected chi connectivity index (χ4v) is 3.34. The average molecular weight is 338 g/mol. The first kappa shape index (κ1) is 16.0. The summed E-state index contributed by atoms with van der Waals surface area (Å²) in [6.45, 7) is 4.94. The minimum atomic E-state index is 0.148. The van der Waals surface area contributed by atoms with Crippen LogP contribution in [0.4, 0.5) is 5.82 Å². The molecule has 2 aromatic heterocycles. The molecule has 2 aliphatic rings. The van der Waals surface area contributed by atoms with Crippen LogP contribution in [0, 0.1) is 17.2 Å². The summed E-state index contributed by atoms with van der Waals surface area (Å²) in [6.07, 6.45) is 5.18. The van der Waals surface area contributed by atoms with E-state index < -0.39 is 0 Å². The van der Waals surface area contributed by atoms with Crippen molar-refractivity contribution in [3.63, 3.8) is 0 Å². The Morgan fingerprint density at radius 3 is 3.12 bits per heavy atom. The molecule has 1 saturated carbocycles. The second-order valence-electron chi connectivity index (χ2n) is 6.98. The van der Waals surface area contributed by atoms with Crippen LogP contribution in [0.25, 0.3) is 0 Å². The number of nitriles is 1. The Hall–Kier alpha value is -2.46. The molecule has 130 valence electrons. The minimum Gasteiger partial charge on any atom is -0.369 e. The molecule has 2 aromatic rings. The average Bonchev–Trinajstić information content (AvgIpc) is 3.19. The van der Waals surface area contributed by atoms with Crippen LogP contribution >= 0.6 is 0 Å². The lowest BCUT2D eigenvalue weighted by atomic mass is 10.1. The van der Waals surface area contributed by atoms with E-state index in [4.69, 9.17) is 9.78 Å². The van der Waals surface area contributed by atoms with Gasteiger partial charge < -0.3 is 9.84 Å². The lowest BCUT2D eigenvalue weighted by Gasteiger charge is -2.21. The number of rotatable bonds is 6. The van der Waals surface area contributed by atoms with Gasteiger partial charge in [0.25, 0.3) is 0 Å². The molecule has 3 heterocycles. The lowest BCUT2D eigenvalue weighted by Crippen LogP contribution is -2.26. The molecule has 0 spiro atoms. The highest BCUT2D eigenvalue weighted by Gasteiger charge is 2.33. The number of aromatic nitrogens is 3. The molecule has 1 N–H and O–H groups in total. The summed E-state index contributed by atoms with van der Waals surface area (Å²) in [5.41, 5.74) is 0.587. The van der Waals surface area contributed by atoms with Crippen molar-refractivity contribution in [2.45, 2.75) is 38.1 Å². The summed E-state index contributed by atoms with van der Waals surface area (Å²) in [6, 6.07) is 5.88. The highest BCUT2D eigenvalue weighted by atomic mass is 16.5. The topological polar surface area (TPSA) is 90.9 Å². The predicted molar refractivity (Wildman–Crippen MR) is 91.8 cm³/mol. The molecule has 0 radical (unpaired) electrons. The first-order chi connectivity index (χ1) is 12.2. The van der Waals surface area contributed by atoms with Gasteiger partial charge in [-0.15, -0.1) is 0 Å². The van der Waals surface area contributed by atoms with Crippen molar-refractivity contribution >= 4 is 5.82 Å². The van der Waals surface area contributed by atoms with Crippen molar-refractivity contribution in [1.82, 2.24) is 20.0 Å². The Labute approximate surface area is 147 Å². The number of likely N-dealkylation sites (tertiary alicyclic amines) is 1. The van der Waals surface area contributed by atoms with Gasteiger partial charge in [0.2, 0.25) is 5.89 Å². The van der Waals surface area contributed by atoms with Crippen LogP contribution in [0.3, 0.4) is 0 Å². The van der Waals surface area contributed by atoms with Gasteiger partial charge in [-0.05, 0) is 50.8 Å². The van der Waals surface area contributed by atoms with Crippen LogP contribution in [0.2, 0.25) is 0 Å². The molecular formula is C18H22N6O. The second-order valence-corrected chi connectivity index (χ2v) is 6.98. The molecule has 1 saturated heterocycles. The van der Waals surface area contributed by atoms with Crippen molar-refractivity contribution < 1.29 is 4.52 Å². The van der Waals surface area contributed by atoms with Crippen LogP contribution in [-0.4, -0.2) is 39.7 Å². The maximum Gasteiger partial charge on any atom is 0.243 e. The summed E-state index contributed by atoms with van der Waals surface area (Å²) in [4.78, 5) is 11.2. The molecular weight excluding hydrogens is 316 g/mol. The molecule has 0 bridgehead atoms.